The maximum atomic E-state index is 11.0. The second-order valence-corrected chi connectivity index (χ2v) is 4.96. The Kier molecular flexibility index (Phi) is 4.70. The van der Waals surface area contributed by atoms with Gasteiger partial charge in [-0.15, -0.1) is 0 Å². The van der Waals surface area contributed by atoms with Crippen LogP contribution in [0.4, 0.5) is 17.3 Å². The minimum Gasteiger partial charge on any atom is -0.393 e. The van der Waals surface area contributed by atoms with Crippen molar-refractivity contribution in [2.24, 2.45) is 11.8 Å². The average molecular weight is 281 g/mol. The Labute approximate surface area is 116 Å². The Morgan fingerprint density at radius 1 is 1.45 bits per heavy atom. The van der Waals surface area contributed by atoms with Crippen molar-refractivity contribution in [3.8, 4) is 0 Å². The number of aliphatic hydroxyl groups excluding tert-OH is 1. The highest BCUT2D eigenvalue weighted by Gasteiger charge is 2.24. The van der Waals surface area contributed by atoms with Crippen molar-refractivity contribution >= 4 is 17.3 Å². The van der Waals surface area contributed by atoms with Gasteiger partial charge in [-0.05, 0) is 18.9 Å². The lowest BCUT2D eigenvalue weighted by molar-refractivity contribution is -0.384. The number of anilines is 2. The van der Waals surface area contributed by atoms with Crippen LogP contribution in [-0.4, -0.2) is 27.7 Å². The third kappa shape index (κ3) is 3.34. The predicted molar refractivity (Wildman–Crippen MR) is 75.2 cm³/mol. The lowest BCUT2D eigenvalue weighted by Gasteiger charge is -2.27. The molecule has 1 heterocycles. The van der Waals surface area contributed by atoms with Gasteiger partial charge in [-0.3, -0.25) is 10.1 Å². The van der Waals surface area contributed by atoms with Crippen LogP contribution in [0, 0.1) is 16.0 Å². The van der Waals surface area contributed by atoms with Gasteiger partial charge in [0, 0.05) is 18.5 Å². The second-order valence-electron chi connectivity index (χ2n) is 4.96. The van der Waals surface area contributed by atoms with Crippen molar-refractivity contribution in [3.05, 3.63) is 22.2 Å². The molecule has 5 N–H and O–H groups in total. The molecule has 1 aromatic heterocycles. The fourth-order valence-corrected chi connectivity index (χ4v) is 2.46. The maximum absolute atomic E-state index is 11.0. The highest BCUT2D eigenvalue weighted by molar-refractivity contribution is 5.60. The Bertz CT molecular complexity index is 482. The molecule has 110 valence electrons. The molecule has 0 aromatic carbocycles. The molecule has 20 heavy (non-hydrogen) atoms. The molecule has 1 aliphatic rings. The lowest BCUT2D eigenvalue weighted by atomic mass is 9.86. The minimum absolute atomic E-state index is 0.0969. The van der Waals surface area contributed by atoms with Crippen LogP contribution in [0.15, 0.2) is 12.1 Å². The van der Waals surface area contributed by atoms with Gasteiger partial charge in [0.2, 0.25) is 5.82 Å². The number of hydrazine groups is 1. The Morgan fingerprint density at radius 3 is 2.85 bits per heavy atom. The zero-order valence-corrected chi connectivity index (χ0v) is 11.1. The summed E-state index contributed by atoms with van der Waals surface area (Å²) in [6.07, 6.45) is 3.45. The van der Waals surface area contributed by atoms with Crippen LogP contribution >= 0.6 is 0 Å². The molecule has 1 fully saturated rings. The number of aliphatic hydroxyl groups is 1. The first-order valence-corrected chi connectivity index (χ1v) is 6.66. The molecule has 0 spiro atoms. The zero-order chi connectivity index (χ0) is 14.5. The number of rotatable bonds is 5. The number of nitrogens with one attached hydrogen (secondary N) is 2. The monoisotopic (exact) mass is 281 g/mol. The number of hydrogen-bond donors (Lipinski definition) is 4. The van der Waals surface area contributed by atoms with Crippen LogP contribution in [0.25, 0.3) is 0 Å². The van der Waals surface area contributed by atoms with Crippen LogP contribution in [-0.2, 0) is 0 Å². The van der Waals surface area contributed by atoms with Gasteiger partial charge in [0.25, 0.3) is 0 Å². The van der Waals surface area contributed by atoms with E-state index >= 15 is 0 Å². The van der Waals surface area contributed by atoms with Crippen LogP contribution in [0.2, 0.25) is 0 Å². The molecule has 0 amide bonds. The van der Waals surface area contributed by atoms with Crippen LogP contribution in [0.1, 0.15) is 25.7 Å². The largest absolute Gasteiger partial charge is 0.393 e. The molecular weight excluding hydrogens is 262 g/mol. The summed E-state index contributed by atoms with van der Waals surface area (Å²) < 4.78 is 0. The summed E-state index contributed by atoms with van der Waals surface area (Å²) >= 11 is 0. The zero-order valence-electron chi connectivity index (χ0n) is 11.1. The summed E-state index contributed by atoms with van der Waals surface area (Å²) in [4.78, 5) is 14.5. The highest BCUT2D eigenvalue weighted by Crippen LogP contribution is 2.27. The van der Waals surface area contributed by atoms with Crippen molar-refractivity contribution in [3.63, 3.8) is 0 Å². The Morgan fingerprint density at radius 2 is 2.20 bits per heavy atom. The average Bonchev–Trinajstić information content (AvgIpc) is 2.46. The number of hydrogen-bond acceptors (Lipinski definition) is 7. The number of nitro groups is 1. The molecule has 8 heteroatoms. The number of pyridine rings is 1. The van der Waals surface area contributed by atoms with E-state index in [4.69, 9.17) is 5.84 Å². The summed E-state index contributed by atoms with van der Waals surface area (Å²) in [5.74, 6) is 5.87. The van der Waals surface area contributed by atoms with Gasteiger partial charge in [-0.2, -0.15) is 0 Å². The molecule has 2 unspecified atom stereocenters. The molecule has 0 radical (unpaired) electrons. The van der Waals surface area contributed by atoms with E-state index in [0.29, 0.717) is 12.4 Å². The molecule has 8 nitrogen and oxygen atoms in total. The number of aromatic nitrogens is 1. The second kappa shape index (κ2) is 6.49. The molecule has 2 rings (SSSR count). The van der Waals surface area contributed by atoms with Crippen LogP contribution < -0.4 is 16.6 Å². The summed E-state index contributed by atoms with van der Waals surface area (Å²) in [7, 11) is 0. The fourth-order valence-electron chi connectivity index (χ4n) is 2.46. The number of nitrogens with two attached hydrogens (primary N) is 1. The Balaban J connectivity index is 2.08. The van der Waals surface area contributed by atoms with Gasteiger partial charge < -0.3 is 15.8 Å². The summed E-state index contributed by atoms with van der Waals surface area (Å²) in [5.41, 5.74) is 2.25. The summed E-state index contributed by atoms with van der Waals surface area (Å²) in [6.45, 7) is 0.461. The summed E-state index contributed by atoms with van der Waals surface area (Å²) in [6, 6.07) is 2.79. The topological polar surface area (TPSA) is 126 Å². The van der Waals surface area contributed by atoms with Gasteiger partial charge >= 0.3 is 5.69 Å². The quantitative estimate of drug-likeness (QED) is 0.363. The van der Waals surface area contributed by atoms with Crippen LogP contribution in [0.5, 0.6) is 0 Å². The molecule has 1 aliphatic carbocycles. The van der Waals surface area contributed by atoms with Gasteiger partial charge in [0.15, 0.2) is 0 Å². The molecule has 0 saturated heterocycles. The van der Waals surface area contributed by atoms with E-state index < -0.39 is 4.92 Å². The highest BCUT2D eigenvalue weighted by atomic mass is 16.6. The molecule has 0 bridgehead atoms. The van der Waals surface area contributed by atoms with E-state index in [2.05, 4.69) is 15.7 Å². The van der Waals surface area contributed by atoms with Gasteiger partial charge in [-0.1, -0.05) is 12.8 Å². The smallest absolute Gasteiger partial charge is 0.311 e. The van der Waals surface area contributed by atoms with Crippen molar-refractivity contribution in [1.82, 2.24) is 4.98 Å². The van der Waals surface area contributed by atoms with Crippen molar-refractivity contribution < 1.29 is 10.0 Å². The lowest BCUT2D eigenvalue weighted by Crippen LogP contribution is -2.30. The first kappa shape index (κ1) is 14.5. The van der Waals surface area contributed by atoms with Gasteiger partial charge in [-0.25, -0.2) is 10.8 Å². The predicted octanol–water partition coefficient (Wildman–Crippen LogP) is 1.24. The molecule has 0 aliphatic heterocycles. The molecule has 1 aromatic rings. The third-order valence-electron chi connectivity index (χ3n) is 3.62. The number of nitrogens with zero attached hydrogens (tertiary/aromatic N) is 2. The van der Waals surface area contributed by atoms with Crippen molar-refractivity contribution in [2.75, 3.05) is 17.3 Å². The van der Waals surface area contributed by atoms with E-state index in [0.717, 1.165) is 25.7 Å². The SMILES string of the molecule is NNc1ccc([N+](=O)[O-])c(NCC2CCCCC2O)n1. The van der Waals surface area contributed by atoms with E-state index in [9.17, 15) is 15.2 Å². The van der Waals surface area contributed by atoms with E-state index in [1.807, 2.05) is 0 Å². The van der Waals surface area contributed by atoms with Gasteiger partial charge in [0.1, 0.15) is 5.82 Å². The standard InChI is InChI=1S/C12H19N5O3/c13-16-11-6-5-9(17(19)20)12(15-11)14-7-8-3-1-2-4-10(8)18/h5-6,8,10,18H,1-4,7,13H2,(H2,14,15,16). The number of nitrogen functional groups attached to an aromatic ring is 1. The Hall–Kier alpha value is -1.93. The fraction of sp³-hybridized carbons (Fsp3) is 0.583. The minimum atomic E-state index is -0.493. The van der Waals surface area contributed by atoms with E-state index in [1.165, 1.54) is 12.1 Å². The third-order valence-corrected chi connectivity index (χ3v) is 3.62. The molecule has 2 atom stereocenters. The first-order valence-electron chi connectivity index (χ1n) is 6.66. The van der Waals surface area contributed by atoms with Crippen LogP contribution in [0.3, 0.4) is 0 Å². The normalized spacial score (nSPS) is 22.3. The van der Waals surface area contributed by atoms with E-state index in [1.54, 1.807) is 0 Å². The van der Waals surface area contributed by atoms with Crippen molar-refractivity contribution in [2.45, 2.75) is 31.8 Å². The first-order chi connectivity index (χ1) is 9.61. The van der Waals surface area contributed by atoms with Gasteiger partial charge in [0.05, 0.1) is 11.0 Å². The summed E-state index contributed by atoms with van der Waals surface area (Å²) in [5, 5.41) is 23.8. The maximum Gasteiger partial charge on any atom is 0.311 e. The molecule has 1 saturated carbocycles. The molecular formula is C12H19N5O3. The van der Waals surface area contributed by atoms with E-state index in [-0.39, 0.29) is 23.5 Å². The van der Waals surface area contributed by atoms with Crippen molar-refractivity contribution in [1.29, 1.82) is 0 Å².